The van der Waals surface area contributed by atoms with Crippen molar-refractivity contribution in [2.45, 2.75) is 19.4 Å². The number of pyridine rings is 1. The maximum atomic E-state index is 12.2. The maximum Gasteiger partial charge on any atom is 0.257 e. The molecule has 0 unspecified atom stereocenters. The highest BCUT2D eigenvalue weighted by molar-refractivity contribution is 6.03. The summed E-state index contributed by atoms with van der Waals surface area (Å²) in [5.74, 6) is 0.197. The van der Waals surface area contributed by atoms with Crippen LogP contribution in [0.3, 0.4) is 0 Å². The molecular formula is C16H19N5O3. The van der Waals surface area contributed by atoms with Gasteiger partial charge in [-0.05, 0) is 18.9 Å². The van der Waals surface area contributed by atoms with Crippen LogP contribution in [0.2, 0.25) is 0 Å². The second-order valence-electron chi connectivity index (χ2n) is 5.56. The molecule has 1 aliphatic rings. The van der Waals surface area contributed by atoms with Crippen LogP contribution in [-0.4, -0.2) is 51.7 Å². The Morgan fingerprint density at radius 1 is 1.25 bits per heavy atom. The zero-order valence-corrected chi connectivity index (χ0v) is 13.4. The Balaban J connectivity index is 1.58. The van der Waals surface area contributed by atoms with Crippen molar-refractivity contribution in [1.29, 1.82) is 0 Å². The van der Waals surface area contributed by atoms with Crippen molar-refractivity contribution in [3.8, 4) is 5.88 Å². The second kappa shape index (κ2) is 7.12. The maximum absolute atomic E-state index is 12.2. The van der Waals surface area contributed by atoms with Gasteiger partial charge >= 0.3 is 0 Å². The molecule has 126 valence electrons. The predicted octanol–water partition coefficient (Wildman–Crippen LogP) is 1.16. The topological polar surface area (TPSA) is 89.3 Å². The number of hydrogen-bond acceptors (Lipinski definition) is 5. The number of nitrogens with one attached hydrogen (secondary N) is 1. The number of likely N-dealkylation sites (tertiary alicyclic amines) is 1. The third-order valence-corrected chi connectivity index (χ3v) is 3.85. The summed E-state index contributed by atoms with van der Waals surface area (Å²) in [7, 11) is 1.51. The lowest BCUT2D eigenvalue weighted by atomic mass is 10.2. The van der Waals surface area contributed by atoms with E-state index in [0.717, 1.165) is 25.9 Å². The molecule has 0 bridgehead atoms. The van der Waals surface area contributed by atoms with Crippen LogP contribution >= 0.6 is 0 Å². The highest BCUT2D eigenvalue weighted by atomic mass is 16.5. The van der Waals surface area contributed by atoms with Crippen molar-refractivity contribution < 1.29 is 14.3 Å². The zero-order chi connectivity index (χ0) is 16.9. The lowest BCUT2D eigenvalue weighted by Gasteiger charge is -2.14. The van der Waals surface area contributed by atoms with Crippen molar-refractivity contribution in [1.82, 2.24) is 19.7 Å². The van der Waals surface area contributed by atoms with Gasteiger partial charge in [-0.1, -0.05) is 0 Å². The molecule has 1 fully saturated rings. The SMILES string of the molecule is COc1ccc(C(=O)Nc2cnn(CC(=O)N3CCCC3)c2)cn1. The third-order valence-electron chi connectivity index (χ3n) is 3.85. The van der Waals surface area contributed by atoms with E-state index in [1.165, 1.54) is 24.2 Å². The Morgan fingerprint density at radius 3 is 2.71 bits per heavy atom. The summed E-state index contributed by atoms with van der Waals surface area (Å²) in [6.07, 6.45) is 6.72. The van der Waals surface area contributed by atoms with Gasteiger partial charge in [0.05, 0.1) is 24.6 Å². The van der Waals surface area contributed by atoms with E-state index in [4.69, 9.17) is 4.74 Å². The molecule has 2 aromatic rings. The predicted molar refractivity (Wildman–Crippen MR) is 86.8 cm³/mol. The molecule has 2 aromatic heterocycles. The Hall–Kier alpha value is -2.90. The number of amides is 2. The first-order valence-corrected chi connectivity index (χ1v) is 7.77. The van der Waals surface area contributed by atoms with Gasteiger partial charge in [-0.25, -0.2) is 4.98 Å². The fraction of sp³-hybridized carbons (Fsp3) is 0.375. The van der Waals surface area contributed by atoms with E-state index < -0.39 is 0 Å². The molecule has 0 aromatic carbocycles. The van der Waals surface area contributed by atoms with Crippen molar-refractivity contribution in [2.75, 3.05) is 25.5 Å². The quantitative estimate of drug-likeness (QED) is 0.889. The lowest BCUT2D eigenvalue weighted by Crippen LogP contribution is -2.31. The van der Waals surface area contributed by atoms with Crippen molar-refractivity contribution in [3.63, 3.8) is 0 Å². The largest absolute Gasteiger partial charge is 0.481 e. The summed E-state index contributed by atoms with van der Waals surface area (Å²) in [4.78, 5) is 30.1. The molecule has 0 saturated carbocycles. The smallest absolute Gasteiger partial charge is 0.257 e. The minimum absolute atomic E-state index is 0.0489. The van der Waals surface area contributed by atoms with Crippen LogP contribution in [0, 0.1) is 0 Å². The van der Waals surface area contributed by atoms with E-state index in [9.17, 15) is 9.59 Å². The van der Waals surface area contributed by atoms with Gasteiger partial charge in [0.2, 0.25) is 11.8 Å². The summed E-state index contributed by atoms with van der Waals surface area (Å²) in [5.41, 5.74) is 0.946. The van der Waals surface area contributed by atoms with E-state index in [2.05, 4.69) is 15.4 Å². The third kappa shape index (κ3) is 3.70. The van der Waals surface area contributed by atoms with E-state index in [1.807, 2.05) is 4.90 Å². The number of hydrogen-bond donors (Lipinski definition) is 1. The highest BCUT2D eigenvalue weighted by Gasteiger charge is 2.18. The number of rotatable bonds is 5. The molecule has 8 heteroatoms. The van der Waals surface area contributed by atoms with E-state index >= 15 is 0 Å². The van der Waals surface area contributed by atoms with Gasteiger partial charge in [0, 0.05) is 31.5 Å². The number of methoxy groups -OCH3 is 1. The molecule has 2 amide bonds. The van der Waals surface area contributed by atoms with Crippen LogP contribution < -0.4 is 10.1 Å². The normalized spacial score (nSPS) is 13.8. The first kappa shape index (κ1) is 16.0. The summed E-state index contributed by atoms with van der Waals surface area (Å²) in [6.45, 7) is 1.81. The van der Waals surface area contributed by atoms with Crippen molar-refractivity contribution in [2.24, 2.45) is 0 Å². The average Bonchev–Trinajstić information content (AvgIpc) is 3.27. The molecule has 0 spiro atoms. The van der Waals surface area contributed by atoms with E-state index in [-0.39, 0.29) is 18.4 Å². The van der Waals surface area contributed by atoms with Gasteiger partial charge in [-0.3, -0.25) is 14.3 Å². The Kier molecular flexibility index (Phi) is 4.74. The minimum Gasteiger partial charge on any atom is -0.481 e. The molecular weight excluding hydrogens is 310 g/mol. The Bertz CT molecular complexity index is 720. The summed E-state index contributed by atoms with van der Waals surface area (Å²) >= 11 is 0. The molecule has 24 heavy (non-hydrogen) atoms. The number of aromatic nitrogens is 3. The van der Waals surface area contributed by atoms with Gasteiger partial charge < -0.3 is 15.0 Å². The molecule has 0 radical (unpaired) electrons. The summed E-state index contributed by atoms with van der Waals surface area (Å²) in [6, 6.07) is 3.25. The lowest BCUT2D eigenvalue weighted by molar-refractivity contribution is -0.130. The molecule has 0 atom stereocenters. The van der Waals surface area contributed by atoms with Crippen LogP contribution in [0.1, 0.15) is 23.2 Å². The van der Waals surface area contributed by atoms with E-state index in [0.29, 0.717) is 17.1 Å². The second-order valence-corrected chi connectivity index (χ2v) is 5.56. The van der Waals surface area contributed by atoms with Crippen LogP contribution in [0.5, 0.6) is 5.88 Å². The number of carbonyl (C=O) groups excluding carboxylic acids is 2. The van der Waals surface area contributed by atoms with Gasteiger partial charge in [-0.15, -0.1) is 0 Å². The molecule has 1 aliphatic heterocycles. The zero-order valence-electron chi connectivity index (χ0n) is 13.4. The van der Waals surface area contributed by atoms with Crippen LogP contribution in [0.4, 0.5) is 5.69 Å². The molecule has 3 rings (SSSR count). The standard InChI is InChI=1S/C16H19N5O3/c1-24-14-5-4-12(8-17-14)16(23)19-13-9-18-21(10-13)11-15(22)20-6-2-3-7-20/h4-5,8-10H,2-3,6-7,11H2,1H3,(H,19,23). The first-order chi connectivity index (χ1) is 11.7. The van der Waals surface area contributed by atoms with Crippen LogP contribution in [0.15, 0.2) is 30.7 Å². The van der Waals surface area contributed by atoms with E-state index in [1.54, 1.807) is 18.3 Å². The number of nitrogens with zero attached hydrogens (tertiary/aromatic N) is 4. The van der Waals surface area contributed by atoms with Crippen LogP contribution in [0.25, 0.3) is 0 Å². The molecule has 1 saturated heterocycles. The summed E-state index contributed by atoms with van der Waals surface area (Å²) < 4.78 is 6.49. The minimum atomic E-state index is -0.296. The molecule has 1 N–H and O–H groups in total. The number of anilines is 1. The van der Waals surface area contributed by atoms with Gasteiger partial charge in [-0.2, -0.15) is 5.10 Å². The van der Waals surface area contributed by atoms with Crippen molar-refractivity contribution in [3.05, 3.63) is 36.3 Å². The van der Waals surface area contributed by atoms with Crippen LogP contribution in [-0.2, 0) is 11.3 Å². The monoisotopic (exact) mass is 329 g/mol. The fourth-order valence-electron chi connectivity index (χ4n) is 2.56. The van der Waals surface area contributed by atoms with Crippen molar-refractivity contribution >= 4 is 17.5 Å². The molecule has 3 heterocycles. The molecule has 8 nitrogen and oxygen atoms in total. The Morgan fingerprint density at radius 2 is 2.04 bits per heavy atom. The highest BCUT2D eigenvalue weighted by Crippen LogP contribution is 2.12. The first-order valence-electron chi connectivity index (χ1n) is 7.77. The van der Waals surface area contributed by atoms with Gasteiger partial charge in [0.15, 0.2) is 0 Å². The van der Waals surface area contributed by atoms with Gasteiger partial charge in [0.25, 0.3) is 5.91 Å². The number of ether oxygens (including phenoxy) is 1. The summed E-state index contributed by atoms with van der Waals surface area (Å²) in [5, 5.41) is 6.85. The molecule has 0 aliphatic carbocycles. The average molecular weight is 329 g/mol. The number of carbonyl (C=O) groups is 2. The van der Waals surface area contributed by atoms with Gasteiger partial charge in [0.1, 0.15) is 6.54 Å². The fourth-order valence-corrected chi connectivity index (χ4v) is 2.56. The Labute approximate surface area is 139 Å².